The van der Waals surface area contributed by atoms with Crippen molar-refractivity contribution < 1.29 is 14.6 Å². The Kier molecular flexibility index (Phi) is 3.32. The van der Waals surface area contributed by atoms with Gasteiger partial charge in [0.15, 0.2) is 0 Å². The summed E-state index contributed by atoms with van der Waals surface area (Å²) in [6, 6.07) is 4.66. The minimum atomic E-state index is -0.509. The highest BCUT2D eigenvalue weighted by molar-refractivity contribution is 5.78. The van der Waals surface area contributed by atoms with Gasteiger partial charge in [0, 0.05) is 31.0 Å². The zero-order chi connectivity index (χ0) is 17.9. The maximum Gasteiger partial charge on any atom is 0.410 e. The number of hydrogen-bond acceptors (Lipinski definition) is 5. The van der Waals surface area contributed by atoms with Crippen LogP contribution in [0.5, 0.6) is 5.75 Å². The van der Waals surface area contributed by atoms with Crippen molar-refractivity contribution in [3.05, 3.63) is 34.9 Å². The van der Waals surface area contributed by atoms with Gasteiger partial charge in [-0.15, -0.1) is 0 Å². The van der Waals surface area contributed by atoms with E-state index in [1.807, 2.05) is 20.8 Å². The SMILES string of the molecule is CC(C)(C)OC(=O)N1CC2C(C1)C2n1cnc2ccc(O)cc2c1=O. The molecule has 2 atom stereocenters. The second kappa shape index (κ2) is 5.21. The Morgan fingerprint density at radius 2 is 1.96 bits per heavy atom. The second-order valence-electron chi connectivity index (χ2n) is 7.86. The van der Waals surface area contributed by atoms with E-state index in [1.54, 1.807) is 21.9 Å². The predicted octanol–water partition coefficient (Wildman–Crippen LogP) is 2.14. The Hall–Kier alpha value is -2.57. The third-order valence-electron chi connectivity index (χ3n) is 4.89. The molecule has 1 aliphatic carbocycles. The van der Waals surface area contributed by atoms with Gasteiger partial charge >= 0.3 is 6.09 Å². The van der Waals surface area contributed by atoms with Crippen LogP contribution in [0.15, 0.2) is 29.3 Å². The van der Waals surface area contributed by atoms with E-state index in [4.69, 9.17) is 4.74 Å². The summed E-state index contributed by atoms with van der Waals surface area (Å²) in [5.74, 6) is 0.555. The van der Waals surface area contributed by atoms with E-state index in [1.165, 1.54) is 12.1 Å². The summed E-state index contributed by atoms with van der Waals surface area (Å²) in [6.07, 6.45) is 1.27. The van der Waals surface area contributed by atoms with E-state index in [0.29, 0.717) is 24.0 Å². The lowest BCUT2D eigenvalue weighted by Gasteiger charge is -2.26. The van der Waals surface area contributed by atoms with Crippen LogP contribution < -0.4 is 5.56 Å². The van der Waals surface area contributed by atoms with Crippen LogP contribution >= 0.6 is 0 Å². The first-order valence-electron chi connectivity index (χ1n) is 8.42. The van der Waals surface area contributed by atoms with Gasteiger partial charge in [-0.1, -0.05) is 0 Å². The lowest BCUT2D eigenvalue weighted by atomic mass is 10.2. The zero-order valence-corrected chi connectivity index (χ0v) is 14.5. The molecule has 0 bridgehead atoms. The maximum absolute atomic E-state index is 12.7. The molecule has 25 heavy (non-hydrogen) atoms. The Labute approximate surface area is 144 Å². The fourth-order valence-corrected chi connectivity index (χ4v) is 3.72. The van der Waals surface area contributed by atoms with Gasteiger partial charge in [-0.05, 0) is 39.0 Å². The van der Waals surface area contributed by atoms with Gasteiger partial charge in [-0.2, -0.15) is 0 Å². The van der Waals surface area contributed by atoms with E-state index >= 15 is 0 Å². The van der Waals surface area contributed by atoms with E-state index in [9.17, 15) is 14.7 Å². The van der Waals surface area contributed by atoms with Gasteiger partial charge in [0.1, 0.15) is 11.4 Å². The number of rotatable bonds is 1. The summed E-state index contributed by atoms with van der Waals surface area (Å²) in [5.41, 5.74) is -0.0888. The summed E-state index contributed by atoms with van der Waals surface area (Å²) >= 11 is 0. The molecule has 1 aromatic heterocycles. The van der Waals surface area contributed by atoms with Crippen molar-refractivity contribution in [2.24, 2.45) is 11.8 Å². The van der Waals surface area contributed by atoms with Crippen molar-refractivity contribution in [1.29, 1.82) is 0 Å². The normalized spacial score (nSPS) is 25.1. The number of aromatic nitrogens is 2. The van der Waals surface area contributed by atoms with Crippen LogP contribution in [0.25, 0.3) is 10.9 Å². The number of ether oxygens (including phenoxy) is 1. The summed E-state index contributed by atoms with van der Waals surface area (Å²) in [6.45, 7) is 6.73. The topological polar surface area (TPSA) is 84.7 Å². The van der Waals surface area contributed by atoms with E-state index in [2.05, 4.69) is 4.98 Å². The number of amides is 1. The summed E-state index contributed by atoms with van der Waals surface area (Å²) in [7, 11) is 0. The van der Waals surface area contributed by atoms with E-state index < -0.39 is 5.60 Å². The monoisotopic (exact) mass is 343 g/mol. The third kappa shape index (κ3) is 2.73. The van der Waals surface area contributed by atoms with Crippen molar-refractivity contribution in [3.63, 3.8) is 0 Å². The molecule has 1 saturated carbocycles. The third-order valence-corrected chi connectivity index (χ3v) is 4.89. The highest BCUT2D eigenvalue weighted by Gasteiger charge is 2.58. The summed E-state index contributed by atoms with van der Waals surface area (Å²) in [5, 5.41) is 10.0. The Morgan fingerprint density at radius 1 is 1.28 bits per heavy atom. The standard InChI is InChI=1S/C18H21N3O4/c1-18(2,3)25-17(24)20-7-12-13(8-20)15(12)21-9-19-14-5-4-10(22)6-11(14)16(21)23/h4-6,9,12-13,15,22H,7-8H2,1-3H3. The van der Waals surface area contributed by atoms with Crippen LogP contribution in [0, 0.1) is 11.8 Å². The van der Waals surface area contributed by atoms with Gasteiger partial charge < -0.3 is 14.7 Å². The van der Waals surface area contributed by atoms with Crippen LogP contribution in [-0.2, 0) is 4.74 Å². The number of hydrogen-bond donors (Lipinski definition) is 1. The molecule has 2 unspecified atom stereocenters. The number of likely N-dealkylation sites (tertiary alicyclic amines) is 1. The van der Waals surface area contributed by atoms with Gasteiger partial charge in [-0.3, -0.25) is 9.36 Å². The minimum Gasteiger partial charge on any atom is -0.508 e. The fourth-order valence-electron chi connectivity index (χ4n) is 3.72. The molecule has 0 spiro atoms. The molecule has 0 radical (unpaired) electrons. The van der Waals surface area contributed by atoms with Crippen LogP contribution in [0.1, 0.15) is 26.8 Å². The number of fused-ring (bicyclic) bond motifs is 2. The van der Waals surface area contributed by atoms with Crippen LogP contribution in [-0.4, -0.2) is 44.3 Å². The fraction of sp³-hybridized carbons (Fsp3) is 0.500. The first-order valence-corrected chi connectivity index (χ1v) is 8.42. The van der Waals surface area contributed by atoms with E-state index in [0.717, 1.165) is 0 Å². The summed E-state index contributed by atoms with van der Waals surface area (Å²) in [4.78, 5) is 30.9. The predicted molar refractivity (Wildman–Crippen MR) is 91.5 cm³/mol. The molecule has 1 aromatic carbocycles. The average Bonchev–Trinajstić information content (AvgIpc) is 2.99. The number of phenols is 1. The van der Waals surface area contributed by atoms with Crippen molar-refractivity contribution in [2.75, 3.05) is 13.1 Å². The highest BCUT2D eigenvalue weighted by Crippen LogP contribution is 2.54. The lowest BCUT2D eigenvalue weighted by molar-refractivity contribution is 0.0266. The first-order chi connectivity index (χ1) is 11.7. The molecule has 1 amide bonds. The van der Waals surface area contributed by atoms with Crippen LogP contribution in [0.4, 0.5) is 4.79 Å². The molecule has 4 rings (SSSR count). The molecule has 7 nitrogen and oxygen atoms in total. The number of piperidine rings is 1. The van der Waals surface area contributed by atoms with Gasteiger partial charge in [0.2, 0.25) is 0 Å². The molecule has 2 fully saturated rings. The number of benzene rings is 1. The van der Waals surface area contributed by atoms with Crippen molar-refractivity contribution in [2.45, 2.75) is 32.4 Å². The number of aromatic hydroxyl groups is 1. The molecule has 2 aliphatic rings. The summed E-state index contributed by atoms with van der Waals surface area (Å²) < 4.78 is 7.05. The number of carbonyl (C=O) groups excluding carboxylic acids is 1. The lowest BCUT2D eigenvalue weighted by Crippen LogP contribution is -2.37. The number of nitrogens with zero attached hydrogens (tertiary/aromatic N) is 3. The average molecular weight is 343 g/mol. The molecule has 7 heteroatoms. The van der Waals surface area contributed by atoms with Gasteiger partial charge in [0.05, 0.1) is 17.2 Å². The Morgan fingerprint density at radius 3 is 2.60 bits per heavy atom. The van der Waals surface area contributed by atoms with Crippen LogP contribution in [0.3, 0.4) is 0 Å². The first kappa shape index (κ1) is 15.9. The quantitative estimate of drug-likeness (QED) is 0.857. The second-order valence-corrected chi connectivity index (χ2v) is 7.86. The molecular weight excluding hydrogens is 322 g/mol. The zero-order valence-electron chi connectivity index (χ0n) is 14.5. The van der Waals surface area contributed by atoms with Crippen molar-refractivity contribution >= 4 is 17.0 Å². The van der Waals surface area contributed by atoms with Crippen molar-refractivity contribution in [1.82, 2.24) is 14.5 Å². The smallest absolute Gasteiger partial charge is 0.410 e. The van der Waals surface area contributed by atoms with E-state index in [-0.39, 0.29) is 35.3 Å². The molecule has 1 N–H and O–H groups in total. The molecular formula is C18H21N3O4. The van der Waals surface area contributed by atoms with Gasteiger partial charge in [0.25, 0.3) is 5.56 Å². The van der Waals surface area contributed by atoms with Crippen LogP contribution in [0.2, 0.25) is 0 Å². The minimum absolute atomic E-state index is 0.0521. The molecule has 132 valence electrons. The largest absolute Gasteiger partial charge is 0.508 e. The number of carbonyl (C=O) groups is 1. The number of phenolic OH excluding ortho intramolecular Hbond substituents is 1. The molecule has 1 aliphatic heterocycles. The maximum atomic E-state index is 12.7. The van der Waals surface area contributed by atoms with Crippen molar-refractivity contribution in [3.8, 4) is 5.75 Å². The molecule has 1 saturated heterocycles. The molecule has 2 heterocycles. The van der Waals surface area contributed by atoms with Gasteiger partial charge in [-0.25, -0.2) is 9.78 Å². The molecule has 2 aromatic rings. The highest BCUT2D eigenvalue weighted by atomic mass is 16.6. The Bertz CT molecular complexity index is 903. The Balaban J connectivity index is 1.52.